The van der Waals surface area contributed by atoms with E-state index in [-0.39, 0.29) is 0 Å². The topological polar surface area (TPSA) is 47.0 Å². The van der Waals surface area contributed by atoms with E-state index < -0.39 is 0 Å². The monoisotopic (exact) mass is 285 g/mol. The van der Waals surface area contributed by atoms with E-state index in [4.69, 9.17) is 16.3 Å². The fourth-order valence-corrected chi connectivity index (χ4v) is 2.00. The lowest BCUT2D eigenvalue weighted by Gasteiger charge is -2.11. The van der Waals surface area contributed by atoms with E-state index in [9.17, 15) is 0 Å². The van der Waals surface area contributed by atoms with Crippen LogP contribution >= 0.6 is 11.6 Å². The molecule has 0 bridgehead atoms. The minimum atomic E-state index is 0.310. The summed E-state index contributed by atoms with van der Waals surface area (Å²) in [5.74, 6) is 0.867. The van der Waals surface area contributed by atoms with Crippen molar-refractivity contribution in [1.29, 1.82) is 0 Å². The molecule has 108 valence electrons. The van der Waals surface area contributed by atoms with E-state index in [1.165, 1.54) is 6.33 Å². The summed E-state index contributed by atoms with van der Waals surface area (Å²) in [5, 5.41) is 3.89. The molecule has 0 radical (unpaired) electrons. The predicted octanol–water partition coefficient (Wildman–Crippen LogP) is 3.70. The van der Waals surface area contributed by atoms with Crippen molar-refractivity contribution in [2.75, 3.05) is 18.5 Å². The van der Waals surface area contributed by atoms with Gasteiger partial charge in [-0.15, -0.1) is 0 Å². The Hall–Kier alpha value is -0.870. The molecule has 1 heterocycles. The predicted molar refractivity (Wildman–Crippen MR) is 79.8 cm³/mol. The van der Waals surface area contributed by atoms with Gasteiger partial charge in [0.25, 0.3) is 0 Å². The van der Waals surface area contributed by atoms with Gasteiger partial charge in [-0.05, 0) is 33.1 Å². The van der Waals surface area contributed by atoms with Crippen LogP contribution in [0.25, 0.3) is 0 Å². The van der Waals surface area contributed by atoms with Crippen LogP contribution in [0.5, 0.6) is 0 Å². The van der Waals surface area contributed by atoms with Crippen LogP contribution in [-0.2, 0) is 11.2 Å². The Balaban J connectivity index is 2.34. The van der Waals surface area contributed by atoms with Crippen molar-refractivity contribution < 1.29 is 4.74 Å². The second kappa shape index (κ2) is 9.10. The maximum Gasteiger partial charge on any atom is 0.137 e. The SMILES string of the molecule is CCCc1c(Cl)ncnc1NCCCCOC(C)C. The Morgan fingerprint density at radius 1 is 1.32 bits per heavy atom. The summed E-state index contributed by atoms with van der Waals surface area (Å²) in [7, 11) is 0. The molecule has 5 heteroatoms. The highest BCUT2D eigenvalue weighted by atomic mass is 35.5. The number of hydrogen-bond donors (Lipinski definition) is 1. The highest BCUT2D eigenvalue weighted by Crippen LogP contribution is 2.21. The summed E-state index contributed by atoms with van der Waals surface area (Å²) in [6.07, 6.45) is 5.85. The summed E-state index contributed by atoms with van der Waals surface area (Å²) < 4.78 is 5.50. The van der Waals surface area contributed by atoms with Gasteiger partial charge in [0.2, 0.25) is 0 Å². The first-order valence-corrected chi connectivity index (χ1v) is 7.37. The highest BCUT2D eigenvalue weighted by molar-refractivity contribution is 6.30. The zero-order valence-electron chi connectivity index (χ0n) is 12.1. The number of halogens is 1. The quantitative estimate of drug-likeness (QED) is 0.555. The molecular formula is C14H24ClN3O. The molecule has 19 heavy (non-hydrogen) atoms. The number of nitrogens with one attached hydrogen (secondary N) is 1. The molecule has 0 atom stereocenters. The summed E-state index contributed by atoms with van der Waals surface area (Å²) in [5.41, 5.74) is 1.02. The van der Waals surface area contributed by atoms with Gasteiger partial charge in [0.05, 0.1) is 6.10 Å². The van der Waals surface area contributed by atoms with Gasteiger partial charge in [0.15, 0.2) is 0 Å². The van der Waals surface area contributed by atoms with Gasteiger partial charge < -0.3 is 10.1 Å². The molecule has 1 N–H and O–H groups in total. The van der Waals surface area contributed by atoms with Gasteiger partial charge in [-0.25, -0.2) is 9.97 Å². The molecule has 4 nitrogen and oxygen atoms in total. The number of ether oxygens (including phenoxy) is 1. The van der Waals surface area contributed by atoms with E-state index in [0.717, 1.165) is 50.2 Å². The van der Waals surface area contributed by atoms with Crippen LogP contribution in [0.4, 0.5) is 5.82 Å². The van der Waals surface area contributed by atoms with E-state index in [2.05, 4.69) is 36.1 Å². The normalized spacial score (nSPS) is 11.0. The fraction of sp³-hybridized carbons (Fsp3) is 0.714. The van der Waals surface area contributed by atoms with Gasteiger partial charge in [-0.3, -0.25) is 0 Å². The van der Waals surface area contributed by atoms with Gasteiger partial charge in [0.1, 0.15) is 17.3 Å². The Morgan fingerprint density at radius 3 is 2.79 bits per heavy atom. The first-order chi connectivity index (χ1) is 9.15. The molecule has 1 rings (SSSR count). The minimum absolute atomic E-state index is 0.310. The Morgan fingerprint density at radius 2 is 2.11 bits per heavy atom. The largest absolute Gasteiger partial charge is 0.379 e. The van der Waals surface area contributed by atoms with E-state index in [0.29, 0.717) is 11.3 Å². The van der Waals surface area contributed by atoms with Crippen LogP contribution in [-0.4, -0.2) is 29.2 Å². The molecule has 0 fully saturated rings. The highest BCUT2D eigenvalue weighted by Gasteiger charge is 2.08. The molecule has 0 aliphatic heterocycles. The second-order valence-corrected chi connectivity index (χ2v) is 5.15. The smallest absolute Gasteiger partial charge is 0.137 e. The van der Waals surface area contributed by atoms with Crippen LogP contribution in [0.1, 0.15) is 45.6 Å². The molecule has 1 aromatic rings. The van der Waals surface area contributed by atoms with Crippen LogP contribution in [0.3, 0.4) is 0 Å². The molecule has 1 aromatic heterocycles. The molecular weight excluding hydrogens is 262 g/mol. The number of hydrogen-bond acceptors (Lipinski definition) is 4. The minimum Gasteiger partial charge on any atom is -0.379 e. The molecule has 0 saturated heterocycles. The summed E-state index contributed by atoms with van der Waals surface area (Å²) >= 11 is 6.09. The third kappa shape index (κ3) is 6.21. The van der Waals surface area contributed by atoms with Crippen LogP contribution < -0.4 is 5.32 Å². The molecule has 0 amide bonds. The molecule has 0 saturated carbocycles. The zero-order valence-corrected chi connectivity index (χ0v) is 12.8. The fourth-order valence-electron chi connectivity index (χ4n) is 1.77. The molecule has 0 unspecified atom stereocenters. The molecule has 0 spiro atoms. The molecule has 0 aliphatic rings. The van der Waals surface area contributed by atoms with Gasteiger partial charge in [0, 0.05) is 18.7 Å². The lowest BCUT2D eigenvalue weighted by molar-refractivity contribution is 0.0765. The van der Waals surface area contributed by atoms with Gasteiger partial charge in [-0.2, -0.15) is 0 Å². The van der Waals surface area contributed by atoms with E-state index in [1.807, 2.05) is 0 Å². The van der Waals surface area contributed by atoms with Crippen molar-refractivity contribution in [3.8, 4) is 0 Å². The third-order valence-corrected chi connectivity index (χ3v) is 3.03. The van der Waals surface area contributed by atoms with Crippen molar-refractivity contribution in [2.45, 2.75) is 52.6 Å². The van der Waals surface area contributed by atoms with E-state index >= 15 is 0 Å². The lowest BCUT2D eigenvalue weighted by atomic mass is 10.2. The molecule has 0 aliphatic carbocycles. The number of aromatic nitrogens is 2. The van der Waals surface area contributed by atoms with Crippen molar-refractivity contribution in [1.82, 2.24) is 9.97 Å². The Bertz CT molecular complexity index is 372. The maximum absolute atomic E-state index is 6.09. The van der Waals surface area contributed by atoms with Gasteiger partial charge in [-0.1, -0.05) is 24.9 Å². The maximum atomic E-state index is 6.09. The second-order valence-electron chi connectivity index (χ2n) is 4.80. The van der Waals surface area contributed by atoms with E-state index in [1.54, 1.807) is 0 Å². The van der Waals surface area contributed by atoms with Crippen LogP contribution in [0.2, 0.25) is 5.15 Å². The average molecular weight is 286 g/mol. The lowest BCUT2D eigenvalue weighted by Crippen LogP contribution is -2.09. The summed E-state index contributed by atoms with van der Waals surface area (Å²) in [4.78, 5) is 8.30. The van der Waals surface area contributed by atoms with Crippen molar-refractivity contribution in [3.05, 3.63) is 17.0 Å². The van der Waals surface area contributed by atoms with Crippen molar-refractivity contribution in [2.24, 2.45) is 0 Å². The Kier molecular flexibility index (Phi) is 7.75. The van der Waals surface area contributed by atoms with Crippen LogP contribution in [0, 0.1) is 0 Å². The average Bonchev–Trinajstić information content (AvgIpc) is 2.37. The van der Waals surface area contributed by atoms with Crippen molar-refractivity contribution >= 4 is 17.4 Å². The number of rotatable bonds is 9. The zero-order chi connectivity index (χ0) is 14.1. The number of nitrogens with zero attached hydrogens (tertiary/aromatic N) is 2. The summed E-state index contributed by atoms with van der Waals surface area (Å²) in [6, 6.07) is 0. The third-order valence-electron chi connectivity index (χ3n) is 2.71. The van der Waals surface area contributed by atoms with Crippen molar-refractivity contribution in [3.63, 3.8) is 0 Å². The first kappa shape index (κ1) is 16.2. The first-order valence-electron chi connectivity index (χ1n) is 7.00. The summed E-state index contributed by atoms with van der Waals surface area (Å²) in [6.45, 7) is 7.92. The Labute approximate surface area is 120 Å². The molecule has 0 aromatic carbocycles. The number of unbranched alkanes of at least 4 members (excludes halogenated alkanes) is 1. The standard InChI is InChI=1S/C14H24ClN3O/c1-4-7-12-13(15)17-10-18-14(12)16-8-5-6-9-19-11(2)3/h10-11H,4-9H2,1-3H3,(H,16,17,18). The van der Waals surface area contributed by atoms with Gasteiger partial charge >= 0.3 is 0 Å². The number of anilines is 1. The van der Waals surface area contributed by atoms with Crippen LogP contribution in [0.15, 0.2) is 6.33 Å².